The molecule has 1 aliphatic rings. The molecule has 0 aromatic heterocycles. The monoisotopic (exact) mass is 387 g/mol. The Labute approximate surface area is 166 Å². The van der Waals surface area contributed by atoms with Gasteiger partial charge in [0.1, 0.15) is 0 Å². The van der Waals surface area contributed by atoms with Gasteiger partial charge in [0.2, 0.25) is 0 Å². The van der Waals surface area contributed by atoms with Crippen LogP contribution in [0.15, 0.2) is 48.5 Å². The molecule has 0 saturated carbocycles. The Bertz CT molecular complexity index is 774. The summed E-state index contributed by atoms with van der Waals surface area (Å²) in [6.45, 7) is 4.69. The number of rotatable bonds is 6. The molecular weight excluding hydrogens is 362 g/mol. The van der Waals surface area contributed by atoms with Gasteiger partial charge in [0, 0.05) is 23.4 Å². The van der Waals surface area contributed by atoms with Gasteiger partial charge in [-0.25, -0.2) is 0 Å². The molecule has 3 rings (SSSR count). The third-order valence-electron chi connectivity index (χ3n) is 4.78. The fourth-order valence-corrected chi connectivity index (χ4v) is 3.13. The minimum Gasteiger partial charge on any atom is -0.352 e. The van der Waals surface area contributed by atoms with Crippen LogP contribution >= 0.6 is 12.4 Å². The molecule has 1 fully saturated rings. The lowest BCUT2D eigenvalue weighted by Gasteiger charge is -2.12. The normalized spacial score (nSPS) is 15.7. The van der Waals surface area contributed by atoms with Crippen molar-refractivity contribution < 1.29 is 9.59 Å². The number of benzene rings is 2. The van der Waals surface area contributed by atoms with E-state index in [0.717, 1.165) is 25.1 Å². The second-order valence-corrected chi connectivity index (χ2v) is 6.75. The molecule has 2 aromatic carbocycles. The molecule has 2 aromatic rings. The van der Waals surface area contributed by atoms with E-state index in [4.69, 9.17) is 0 Å². The second kappa shape index (κ2) is 10.1. The highest BCUT2D eigenvalue weighted by atomic mass is 35.5. The van der Waals surface area contributed by atoms with Gasteiger partial charge in [-0.15, -0.1) is 12.4 Å². The van der Waals surface area contributed by atoms with Crippen molar-refractivity contribution in [3.8, 4) is 0 Å². The van der Waals surface area contributed by atoms with Gasteiger partial charge < -0.3 is 16.0 Å². The van der Waals surface area contributed by atoms with E-state index in [1.165, 1.54) is 6.42 Å². The number of aryl methyl sites for hydroxylation is 1. The first kappa shape index (κ1) is 20.9. The summed E-state index contributed by atoms with van der Waals surface area (Å²) in [6, 6.07) is 14.4. The molecule has 27 heavy (non-hydrogen) atoms. The molecule has 3 N–H and O–H groups in total. The topological polar surface area (TPSA) is 70.2 Å². The third-order valence-corrected chi connectivity index (χ3v) is 4.78. The zero-order chi connectivity index (χ0) is 18.4. The fraction of sp³-hybridized carbons (Fsp3) is 0.333. The summed E-state index contributed by atoms with van der Waals surface area (Å²) in [5.74, 6) is 0.361. The van der Waals surface area contributed by atoms with E-state index in [1.807, 2.05) is 31.2 Å². The van der Waals surface area contributed by atoms with Crippen LogP contribution in [0.4, 0.5) is 5.69 Å². The maximum absolute atomic E-state index is 12.4. The number of hydrogen-bond acceptors (Lipinski definition) is 3. The summed E-state index contributed by atoms with van der Waals surface area (Å²) in [5, 5.41) is 9.21. The molecule has 0 radical (unpaired) electrons. The van der Waals surface area contributed by atoms with E-state index in [-0.39, 0.29) is 24.2 Å². The number of halogens is 1. The number of carbonyl (C=O) groups is 2. The Kier molecular flexibility index (Phi) is 7.82. The summed E-state index contributed by atoms with van der Waals surface area (Å²) in [6.07, 6.45) is 2.16. The van der Waals surface area contributed by atoms with Gasteiger partial charge in [0.05, 0.1) is 0 Å². The highest BCUT2D eigenvalue weighted by molar-refractivity contribution is 6.05. The van der Waals surface area contributed by atoms with E-state index in [2.05, 4.69) is 16.0 Å². The number of carbonyl (C=O) groups excluding carboxylic acids is 2. The first-order valence-electron chi connectivity index (χ1n) is 9.09. The number of anilines is 1. The van der Waals surface area contributed by atoms with Crippen LogP contribution in [-0.2, 0) is 0 Å². The van der Waals surface area contributed by atoms with Gasteiger partial charge in [-0.05, 0) is 68.6 Å². The highest BCUT2D eigenvalue weighted by Gasteiger charge is 2.15. The van der Waals surface area contributed by atoms with E-state index in [9.17, 15) is 9.59 Å². The molecule has 1 atom stereocenters. The average molecular weight is 388 g/mol. The van der Waals surface area contributed by atoms with Crippen LogP contribution in [0.2, 0.25) is 0 Å². The molecule has 1 saturated heterocycles. The standard InChI is InChI=1S/C21H25N3O2.ClH/c1-15-7-8-18(20(25)23-12-10-16-9-11-22-14-16)13-19(15)24-21(26)17-5-3-2-4-6-17;/h2-8,13,16,22H,9-12,14H2,1H3,(H,23,25)(H,24,26);1H. The van der Waals surface area contributed by atoms with Crippen molar-refractivity contribution in [3.63, 3.8) is 0 Å². The van der Waals surface area contributed by atoms with Crippen LogP contribution in [0.25, 0.3) is 0 Å². The zero-order valence-electron chi connectivity index (χ0n) is 15.5. The average Bonchev–Trinajstić information content (AvgIpc) is 3.17. The largest absolute Gasteiger partial charge is 0.352 e. The van der Waals surface area contributed by atoms with Gasteiger partial charge in [0.15, 0.2) is 0 Å². The molecule has 0 bridgehead atoms. The summed E-state index contributed by atoms with van der Waals surface area (Å²) in [5.41, 5.74) is 2.73. The molecule has 2 amide bonds. The quantitative estimate of drug-likeness (QED) is 0.711. The van der Waals surface area contributed by atoms with E-state index >= 15 is 0 Å². The maximum Gasteiger partial charge on any atom is 0.255 e. The number of nitrogens with one attached hydrogen (secondary N) is 3. The molecule has 1 heterocycles. The van der Waals surface area contributed by atoms with E-state index in [1.54, 1.807) is 24.3 Å². The van der Waals surface area contributed by atoms with Crippen molar-refractivity contribution in [2.45, 2.75) is 19.8 Å². The van der Waals surface area contributed by atoms with Crippen molar-refractivity contribution in [3.05, 3.63) is 65.2 Å². The predicted octanol–water partition coefficient (Wildman–Crippen LogP) is 3.40. The van der Waals surface area contributed by atoms with Gasteiger partial charge >= 0.3 is 0 Å². The first-order valence-corrected chi connectivity index (χ1v) is 9.09. The molecule has 0 spiro atoms. The van der Waals surface area contributed by atoms with Crippen molar-refractivity contribution in [2.75, 3.05) is 25.0 Å². The molecule has 6 heteroatoms. The number of amides is 2. The fourth-order valence-electron chi connectivity index (χ4n) is 3.13. The Hall–Kier alpha value is -2.37. The lowest BCUT2D eigenvalue weighted by Crippen LogP contribution is -2.26. The van der Waals surface area contributed by atoms with Gasteiger partial charge in [-0.1, -0.05) is 24.3 Å². The number of hydrogen-bond donors (Lipinski definition) is 3. The smallest absolute Gasteiger partial charge is 0.255 e. The second-order valence-electron chi connectivity index (χ2n) is 6.75. The zero-order valence-corrected chi connectivity index (χ0v) is 16.3. The summed E-state index contributed by atoms with van der Waals surface area (Å²) >= 11 is 0. The molecular formula is C21H26ClN3O2. The molecule has 1 aliphatic heterocycles. The predicted molar refractivity (Wildman–Crippen MR) is 111 cm³/mol. The maximum atomic E-state index is 12.4. The molecule has 1 unspecified atom stereocenters. The lowest BCUT2D eigenvalue weighted by atomic mass is 10.0. The molecule has 5 nitrogen and oxygen atoms in total. The third kappa shape index (κ3) is 5.81. The van der Waals surface area contributed by atoms with Gasteiger partial charge in [-0.2, -0.15) is 0 Å². The van der Waals surface area contributed by atoms with Crippen LogP contribution < -0.4 is 16.0 Å². The van der Waals surface area contributed by atoms with Crippen LogP contribution in [0.5, 0.6) is 0 Å². The van der Waals surface area contributed by atoms with E-state index in [0.29, 0.717) is 29.3 Å². The van der Waals surface area contributed by atoms with Crippen molar-refractivity contribution in [2.24, 2.45) is 5.92 Å². The first-order chi connectivity index (χ1) is 12.6. The van der Waals surface area contributed by atoms with Crippen molar-refractivity contribution in [1.29, 1.82) is 0 Å². The minimum absolute atomic E-state index is 0. The van der Waals surface area contributed by atoms with E-state index < -0.39 is 0 Å². The van der Waals surface area contributed by atoms with Gasteiger partial charge in [0.25, 0.3) is 11.8 Å². The Morgan fingerprint density at radius 2 is 1.85 bits per heavy atom. The highest BCUT2D eigenvalue weighted by Crippen LogP contribution is 2.18. The lowest BCUT2D eigenvalue weighted by molar-refractivity contribution is 0.0950. The SMILES string of the molecule is Cc1ccc(C(=O)NCCC2CCNC2)cc1NC(=O)c1ccccc1.Cl. The van der Waals surface area contributed by atoms with Crippen molar-refractivity contribution >= 4 is 29.9 Å². The van der Waals surface area contributed by atoms with Crippen LogP contribution in [0, 0.1) is 12.8 Å². The molecule has 0 aliphatic carbocycles. The van der Waals surface area contributed by atoms with Crippen molar-refractivity contribution in [1.82, 2.24) is 10.6 Å². The van der Waals surface area contributed by atoms with Crippen LogP contribution in [-0.4, -0.2) is 31.4 Å². The molecule has 144 valence electrons. The Morgan fingerprint density at radius 3 is 2.56 bits per heavy atom. The summed E-state index contributed by atoms with van der Waals surface area (Å²) in [7, 11) is 0. The minimum atomic E-state index is -0.181. The summed E-state index contributed by atoms with van der Waals surface area (Å²) in [4.78, 5) is 24.7. The van der Waals surface area contributed by atoms with Gasteiger partial charge in [-0.3, -0.25) is 9.59 Å². The Balaban J connectivity index is 0.00000261. The van der Waals surface area contributed by atoms with Crippen LogP contribution in [0.1, 0.15) is 39.1 Å². The summed E-state index contributed by atoms with van der Waals surface area (Å²) < 4.78 is 0. The van der Waals surface area contributed by atoms with Crippen LogP contribution in [0.3, 0.4) is 0 Å². The Morgan fingerprint density at radius 1 is 1.07 bits per heavy atom.